The van der Waals surface area contributed by atoms with Crippen molar-refractivity contribution in [3.05, 3.63) is 36.5 Å². The number of hydrogen-bond donors (Lipinski definition) is 4. The van der Waals surface area contributed by atoms with E-state index < -0.39 is 96.5 Å². The second-order valence-corrected chi connectivity index (χ2v) is 19.1. The van der Waals surface area contributed by atoms with E-state index in [1.54, 1.807) is 23.6 Å². The molecule has 0 aliphatic rings. The third-order valence-electron chi connectivity index (χ3n) is 10.4. The van der Waals surface area contributed by atoms with Gasteiger partial charge in [-0.25, -0.2) is 33.6 Å². The summed E-state index contributed by atoms with van der Waals surface area (Å²) in [4.78, 5) is 151. The van der Waals surface area contributed by atoms with Crippen molar-refractivity contribution in [1.82, 2.24) is 31.1 Å². The maximum atomic E-state index is 13.0. The van der Waals surface area contributed by atoms with Crippen LogP contribution >= 0.6 is 0 Å². The van der Waals surface area contributed by atoms with Crippen LogP contribution in [0.3, 0.4) is 0 Å². The Bertz CT molecular complexity index is 2120. The normalized spacial score (nSPS) is 12.1. The number of esters is 8. The van der Waals surface area contributed by atoms with E-state index in [2.05, 4.69) is 41.0 Å². The molecule has 0 fully saturated rings. The van der Waals surface area contributed by atoms with Gasteiger partial charge in [-0.15, -0.1) is 0 Å². The monoisotopic (exact) mass is 1200 g/mol. The van der Waals surface area contributed by atoms with Gasteiger partial charge in [-0.05, 0) is 48.5 Å². The molecule has 0 heterocycles. The van der Waals surface area contributed by atoms with Crippen LogP contribution in [0.1, 0.15) is 88.0 Å². The van der Waals surface area contributed by atoms with E-state index in [0.717, 1.165) is 0 Å². The number of nitrogens with one attached hydrogen (secondary N) is 4. The molecule has 0 aliphatic carbocycles. The van der Waals surface area contributed by atoms with E-state index in [0.29, 0.717) is 0 Å². The van der Waals surface area contributed by atoms with E-state index in [4.69, 9.17) is 56.8 Å². The molecule has 0 spiro atoms. The molecule has 0 aromatic carbocycles. The van der Waals surface area contributed by atoms with Gasteiger partial charge < -0.3 is 87.9 Å². The second kappa shape index (κ2) is 44.5. The third kappa shape index (κ3) is 41.9. The minimum Gasteiger partial charge on any atom is -0.464 e. The van der Waals surface area contributed by atoms with Crippen LogP contribution in [-0.2, 0) is 95.2 Å². The van der Waals surface area contributed by atoms with Crippen molar-refractivity contribution >= 4 is 72.1 Å². The molecule has 0 saturated heterocycles. The third-order valence-corrected chi connectivity index (χ3v) is 10.4. The summed E-state index contributed by atoms with van der Waals surface area (Å²) in [5, 5.41) is 9.62. The first-order valence-corrected chi connectivity index (χ1v) is 27.1. The van der Waals surface area contributed by atoms with Crippen molar-refractivity contribution in [3.8, 4) is 0 Å². The molecule has 84 heavy (non-hydrogen) atoms. The number of hydrogen-bond acceptors (Lipinski definition) is 26. The topological polar surface area (TPSA) is 370 Å². The smallest absolute Gasteiger partial charge is 0.407 e. The summed E-state index contributed by atoms with van der Waals surface area (Å²) in [6.07, 6.45) is -7.87. The molecule has 30 heteroatoms. The zero-order valence-electron chi connectivity index (χ0n) is 49.8. The van der Waals surface area contributed by atoms with E-state index in [-0.39, 0.29) is 167 Å². The summed E-state index contributed by atoms with van der Waals surface area (Å²) in [6.45, 7) is 22.3. The lowest BCUT2D eigenvalue weighted by Crippen LogP contribution is -2.39. The zero-order valence-corrected chi connectivity index (χ0v) is 49.8. The van der Waals surface area contributed by atoms with Gasteiger partial charge in [0.25, 0.3) is 0 Å². The Labute approximate surface area is 489 Å². The molecule has 4 atom stereocenters. The fourth-order valence-corrected chi connectivity index (χ4v) is 5.85. The maximum absolute atomic E-state index is 13.0. The molecule has 0 radical (unpaired) electrons. The summed E-state index contributed by atoms with van der Waals surface area (Å²) >= 11 is 0. The summed E-state index contributed by atoms with van der Waals surface area (Å²) in [5.74, 6) is -5.47. The molecule has 0 aromatic rings. The predicted molar refractivity (Wildman–Crippen MR) is 294 cm³/mol. The van der Waals surface area contributed by atoms with Crippen molar-refractivity contribution in [1.29, 1.82) is 0 Å². The molecule has 4 unspecified atom stereocenters. The Morgan fingerprint density at radius 1 is 0.345 bits per heavy atom. The number of carbonyl (C=O) groups is 12. The SMILES string of the molecule is C=C(C)C(=O)OCCNC(=O)OC(C)COC(=O)CCN(CCC(=O)OCC(C)OC(=O)NCCOC(=O)C(=C)C)CCN(CCC(=O)OCC(C)OC(=O)NCCOC(=O)C(=C)C)CCC(=O)OCC(C)OC(=O)NCCOC(=O)C(C)C. The van der Waals surface area contributed by atoms with Gasteiger partial charge in [-0.3, -0.25) is 24.0 Å². The van der Waals surface area contributed by atoms with Crippen molar-refractivity contribution in [2.24, 2.45) is 5.92 Å². The van der Waals surface area contributed by atoms with Gasteiger partial charge in [0, 0.05) is 56.0 Å². The first-order valence-electron chi connectivity index (χ1n) is 27.1. The molecule has 0 aromatic heterocycles. The van der Waals surface area contributed by atoms with Crippen molar-refractivity contribution in [3.63, 3.8) is 0 Å². The summed E-state index contributed by atoms with van der Waals surface area (Å²) in [6, 6.07) is 0. The van der Waals surface area contributed by atoms with Gasteiger partial charge in [-0.2, -0.15) is 0 Å². The van der Waals surface area contributed by atoms with Crippen LogP contribution in [0.4, 0.5) is 19.2 Å². The first kappa shape index (κ1) is 76.0. The quantitative estimate of drug-likeness (QED) is 0.0294. The lowest BCUT2D eigenvalue weighted by molar-refractivity contribution is -0.149. The summed E-state index contributed by atoms with van der Waals surface area (Å²) in [5.41, 5.74) is 0.551. The minimum atomic E-state index is -0.894. The maximum Gasteiger partial charge on any atom is 0.407 e. The van der Waals surface area contributed by atoms with Crippen molar-refractivity contribution < 1.29 is 114 Å². The van der Waals surface area contributed by atoms with Crippen LogP contribution in [0.5, 0.6) is 0 Å². The minimum absolute atomic E-state index is 0.00367. The van der Waals surface area contributed by atoms with Gasteiger partial charge in [0.2, 0.25) is 0 Å². The molecule has 4 amide bonds. The van der Waals surface area contributed by atoms with Gasteiger partial charge in [0.05, 0.1) is 57.8 Å². The molecule has 4 N–H and O–H groups in total. The largest absolute Gasteiger partial charge is 0.464 e. The van der Waals surface area contributed by atoms with E-state index in [1.165, 1.54) is 48.5 Å². The van der Waals surface area contributed by atoms with Crippen molar-refractivity contribution in [2.75, 3.05) is 118 Å². The highest BCUT2D eigenvalue weighted by Crippen LogP contribution is 2.07. The van der Waals surface area contributed by atoms with E-state index in [9.17, 15) is 57.5 Å². The number of alkyl carbamates (subject to hydrolysis) is 4. The zero-order chi connectivity index (χ0) is 63.6. The molecule has 476 valence electrons. The average Bonchev–Trinajstić information content (AvgIpc) is 3.43. The number of rotatable bonds is 43. The van der Waals surface area contributed by atoms with Crippen LogP contribution in [0.15, 0.2) is 36.5 Å². The Hall–Kier alpha value is -8.02. The molecule has 0 bridgehead atoms. The Kier molecular flexibility index (Phi) is 40.3. The molecular weight excluding hydrogens is 1120 g/mol. The Morgan fingerprint density at radius 3 is 0.786 bits per heavy atom. The molecular formula is C54H86N6O24. The van der Waals surface area contributed by atoms with Gasteiger partial charge in [0.15, 0.2) is 0 Å². The van der Waals surface area contributed by atoms with Gasteiger partial charge in [0.1, 0.15) is 77.3 Å². The molecule has 0 aliphatic heterocycles. The standard InChI is InChI=1S/C54H86N6O24/c1-35(2)47(65)73-27-17-55-51(69)81-39(9)31-77-43(61)13-21-59(22-14-44(62)78-32-40(10)82-52(70)56-18-28-74-48(66)36(3)4)25-26-60(23-15-45(63)79-33-41(11)83-53(71)57-19-29-75-49(67)37(5)6)24-16-46(64)80-34-42(12)84-54(72)58-20-30-76-50(68)38(7)8/h38-42H,1,3,5,13-34H2,2,4,6-12H3,(H,55,69)(H,56,70)(H,57,71)(H,58,72). The fraction of sp³-hybridized carbons (Fsp3) is 0.667. The van der Waals surface area contributed by atoms with Gasteiger partial charge in [-0.1, -0.05) is 33.6 Å². The van der Waals surface area contributed by atoms with Gasteiger partial charge >= 0.3 is 72.1 Å². The van der Waals surface area contributed by atoms with Crippen LogP contribution in [0.2, 0.25) is 0 Å². The average molecular weight is 1200 g/mol. The molecule has 0 saturated carbocycles. The number of nitrogens with zero attached hydrogens (tertiary/aromatic N) is 2. The molecule has 30 nitrogen and oxygen atoms in total. The Morgan fingerprint density at radius 2 is 0.571 bits per heavy atom. The summed E-state index contributed by atoms with van der Waals surface area (Å²) in [7, 11) is 0. The lowest BCUT2D eigenvalue weighted by atomic mass is 10.2. The molecule has 0 rings (SSSR count). The number of carbonyl (C=O) groups excluding carboxylic acids is 12. The number of amides is 4. The highest BCUT2D eigenvalue weighted by atomic mass is 16.6. The van der Waals surface area contributed by atoms with E-state index >= 15 is 0 Å². The van der Waals surface area contributed by atoms with E-state index in [1.807, 2.05) is 0 Å². The highest BCUT2D eigenvalue weighted by Gasteiger charge is 2.21. The van der Waals surface area contributed by atoms with Crippen LogP contribution in [-0.4, -0.2) is 225 Å². The first-order chi connectivity index (χ1) is 39.6. The number of ether oxygens (including phenoxy) is 12. The lowest BCUT2D eigenvalue weighted by Gasteiger charge is -2.27. The highest BCUT2D eigenvalue weighted by molar-refractivity contribution is 5.88. The van der Waals surface area contributed by atoms with Crippen LogP contribution < -0.4 is 21.3 Å². The fourth-order valence-electron chi connectivity index (χ4n) is 5.85. The summed E-state index contributed by atoms with van der Waals surface area (Å²) < 4.78 is 61.9. The van der Waals surface area contributed by atoms with Crippen LogP contribution in [0, 0.1) is 5.92 Å². The van der Waals surface area contributed by atoms with Crippen molar-refractivity contribution in [2.45, 2.75) is 112 Å². The Balaban J connectivity index is 5.96. The predicted octanol–water partition coefficient (Wildman–Crippen LogP) is 2.34. The second-order valence-electron chi connectivity index (χ2n) is 19.1. The van der Waals surface area contributed by atoms with Crippen LogP contribution in [0.25, 0.3) is 0 Å².